The van der Waals surface area contributed by atoms with Gasteiger partial charge in [-0.1, -0.05) is 0 Å². The molecule has 0 spiro atoms. The van der Waals surface area contributed by atoms with E-state index in [1.54, 1.807) is 0 Å². The lowest BCUT2D eigenvalue weighted by Crippen LogP contribution is -2.43. The number of rotatable bonds is 3. The predicted molar refractivity (Wildman–Crippen MR) is 71.6 cm³/mol. The second kappa shape index (κ2) is 5.63. The summed E-state index contributed by atoms with van der Waals surface area (Å²) in [6.07, 6.45) is 1.29. The van der Waals surface area contributed by atoms with Crippen LogP contribution in [0.15, 0.2) is 17.0 Å². The molecule has 1 saturated heterocycles. The van der Waals surface area contributed by atoms with Gasteiger partial charge in [-0.05, 0) is 39.0 Å². The van der Waals surface area contributed by atoms with Crippen LogP contribution in [0.25, 0.3) is 0 Å². The van der Waals surface area contributed by atoms with Gasteiger partial charge in [0.25, 0.3) is 0 Å². The van der Waals surface area contributed by atoms with E-state index in [2.05, 4.69) is 9.62 Å². The lowest BCUT2D eigenvalue weighted by Gasteiger charge is -2.29. The van der Waals surface area contributed by atoms with Gasteiger partial charge in [-0.3, -0.25) is 0 Å². The summed E-state index contributed by atoms with van der Waals surface area (Å²) >= 11 is 0. The Morgan fingerprint density at radius 2 is 1.85 bits per heavy atom. The largest absolute Gasteiger partial charge is 0.396 e. The fourth-order valence-corrected chi connectivity index (χ4v) is 3.56. The monoisotopic (exact) mass is 305 g/mol. The molecule has 1 heterocycles. The molecule has 20 heavy (non-hydrogen) atoms. The number of nitrogens with two attached hydrogens (primary N) is 1. The first kappa shape index (κ1) is 15.1. The Morgan fingerprint density at radius 3 is 2.45 bits per heavy atom. The molecule has 0 amide bonds. The van der Waals surface area contributed by atoms with Crippen molar-refractivity contribution in [1.82, 2.24) is 9.62 Å². The first-order chi connectivity index (χ1) is 9.29. The van der Waals surface area contributed by atoms with E-state index in [9.17, 15) is 17.2 Å². The SMILES string of the molecule is CN1CCC(NS(=O)(=O)c2cc(N)c(F)cc2F)CC1. The summed E-state index contributed by atoms with van der Waals surface area (Å²) in [7, 11) is -2.09. The van der Waals surface area contributed by atoms with Crippen LogP contribution in [0.1, 0.15) is 12.8 Å². The van der Waals surface area contributed by atoms with Gasteiger partial charge < -0.3 is 10.6 Å². The molecular formula is C12H17F2N3O2S. The molecule has 0 radical (unpaired) electrons. The van der Waals surface area contributed by atoms with Crippen LogP contribution in [0.3, 0.4) is 0 Å². The Labute approximate surface area is 116 Å². The number of nitrogens with zero attached hydrogens (tertiary/aromatic N) is 1. The Bertz CT molecular complexity index is 599. The van der Waals surface area contributed by atoms with Crippen LogP contribution < -0.4 is 10.5 Å². The Kier molecular flexibility index (Phi) is 4.26. The zero-order valence-corrected chi connectivity index (χ0v) is 11.9. The van der Waals surface area contributed by atoms with Crippen molar-refractivity contribution in [2.24, 2.45) is 0 Å². The van der Waals surface area contributed by atoms with Crippen molar-refractivity contribution < 1.29 is 17.2 Å². The third-order valence-electron chi connectivity index (χ3n) is 3.38. The number of nitrogen functional groups attached to an aromatic ring is 1. The number of halogens is 2. The van der Waals surface area contributed by atoms with Gasteiger partial charge in [0.1, 0.15) is 16.5 Å². The first-order valence-corrected chi connectivity index (χ1v) is 7.73. The highest BCUT2D eigenvalue weighted by Gasteiger charge is 2.26. The van der Waals surface area contributed by atoms with Gasteiger partial charge in [0.05, 0.1) is 5.69 Å². The molecular weight excluding hydrogens is 288 g/mol. The summed E-state index contributed by atoms with van der Waals surface area (Å²) in [6.45, 7) is 1.53. The third kappa shape index (κ3) is 3.25. The summed E-state index contributed by atoms with van der Waals surface area (Å²) in [5.74, 6) is -2.11. The first-order valence-electron chi connectivity index (χ1n) is 6.25. The molecule has 1 aromatic rings. The zero-order valence-electron chi connectivity index (χ0n) is 11.1. The lowest BCUT2D eigenvalue weighted by atomic mass is 10.1. The highest BCUT2D eigenvalue weighted by Crippen LogP contribution is 2.22. The maximum absolute atomic E-state index is 13.6. The summed E-state index contributed by atoms with van der Waals surface area (Å²) in [5.41, 5.74) is 4.90. The summed E-state index contributed by atoms with van der Waals surface area (Å²) < 4.78 is 53.4. The van der Waals surface area contributed by atoms with Crippen LogP contribution >= 0.6 is 0 Å². The minimum Gasteiger partial charge on any atom is -0.396 e. The standard InChI is InChI=1S/C12H17F2N3O2S/c1-17-4-2-8(3-5-17)16-20(18,19)12-7-11(15)9(13)6-10(12)14/h6-8,16H,2-5,15H2,1H3. The Hall–Kier alpha value is -1.25. The van der Waals surface area contributed by atoms with Crippen LogP contribution in [0, 0.1) is 11.6 Å². The van der Waals surface area contributed by atoms with E-state index in [1.165, 1.54) is 0 Å². The smallest absolute Gasteiger partial charge is 0.243 e. The molecule has 0 aromatic heterocycles. The topological polar surface area (TPSA) is 75.4 Å². The van der Waals surface area contributed by atoms with Crippen molar-refractivity contribution >= 4 is 15.7 Å². The number of piperidine rings is 1. The minimum atomic E-state index is -4.04. The average molecular weight is 305 g/mol. The Balaban J connectivity index is 2.20. The van der Waals surface area contributed by atoms with Crippen molar-refractivity contribution in [2.75, 3.05) is 25.9 Å². The van der Waals surface area contributed by atoms with Gasteiger partial charge in [-0.15, -0.1) is 0 Å². The summed E-state index contributed by atoms with van der Waals surface area (Å²) in [5, 5.41) is 0. The molecule has 0 unspecified atom stereocenters. The highest BCUT2D eigenvalue weighted by molar-refractivity contribution is 7.89. The van der Waals surface area contributed by atoms with E-state index >= 15 is 0 Å². The second-order valence-electron chi connectivity index (χ2n) is 5.00. The van der Waals surface area contributed by atoms with Gasteiger partial charge in [-0.25, -0.2) is 21.9 Å². The van der Waals surface area contributed by atoms with Crippen LogP contribution in [0.2, 0.25) is 0 Å². The van der Waals surface area contributed by atoms with Crippen LogP contribution in [-0.4, -0.2) is 39.5 Å². The average Bonchev–Trinajstić information content (AvgIpc) is 2.36. The number of hydrogen-bond donors (Lipinski definition) is 2. The van der Waals surface area contributed by atoms with E-state index in [-0.39, 0.29) is 6.04 Å². The molecule has 1 aliphatic rings. The molecule has 1 aromatic carbocycles. The second-order valence-corrected chi connectivity index (χ2v) is 6.69. The van der Waals surface area contributed by atoms with Crippen molar-refractivity contribution in [3.63, 3.8) is 0 Å². The van der Waals surface area contributed by atoms with Gasteiger partial charge >= 0.3 is 0 Å². The molecule has 0 bridgehead atoms. The van der Waals surface area contributed by atoms with E-state index in [1.807, 2.05) is 7.05 Å². The number of likely N-dealkylation sites (tertiary alicyclic amines) is 1. The summed E-state index contributed by atoms with van der Waals surface area (Å²) in [6, 6.07) is 1.04. The quantitative estimate of drug-likeness (QED) is 0.814. The lowest BCUT2D eigenvalue weighted by molar-refractivity contribution is 0.248. The minimum absolute atomic E-state index is 0.248. The normalized spacial score (nSPS) is 18.4. The van der Waals surface area contributed by atoms with Gasteiger partial charge in [0.15, 0.2) is 0 Å². The fourth-order valence-electron chi connectivity index (χ4n) is 2.16. The number of benzene rings is 1. The van der Waals surface area contributed by atoms with Crippen molar-refractivity contribution in [3.05, 3.63) is 23.8 Å². The van der Waals surface area contributed by atoms with E-state index in [0.717, 1.165) is 19.2 Å². The van der Waals surface area contributed by atoms with E-state index < -0.39 is 32.2 Å². The maximum atomic E-state index is 13.6. The highest BCUT2D eigenvalue weighted by atomic mass is 32.2. The molecule has 1 aliphatic heterocycles. The molecule has 2 rings (SSSR count). The van der Waals surface area contributed by atoms with E-state index in [4.69, 9.17) is 5.73 Å². The van der Waals surface area contributed by atoms with Crippen LogP contribution in [-0.2, 0) is 10.0 Å². The molecule has 0 saturated carbocycles. The number of sulfonamides is 1. The van der Waals surface area contributed by atoms with Crippen molar-refractivity contribution in [2.45, 2.75) is 23.8 Å². The van der Waals surface area contributed by atoms with Gasteiger partial charge in [0, 0.05) is 12.1 Å². The molecule has 5 nitrogen and oxygen atoms in total. The van der Waals surface area contributed by atoms with E-state index in [0.29, 0.717) is 18.9 Å². The predicted octanol–water partition coefficient (Wildman–Crippen LogP) is 0.919. The summed E-state index contributed by atoms with van der Waals surface area (Å²) in [4.78, 5) is 1.47. The van der Waals surface area contributed by atoms with Crippen LogP contribution in [0.4, 0.5) is 14.5 Å². The molecule has 1 fully saturated rings. The molecule has 0 aliphatic carbocycles. The Morgan fingerprint density at radius 1 is 1.25 bits per heavy atom. The van der Waals surface area contributed by atoms with Gasteiger partial charge in [0.2, 0.25) is 10.0 Å². The maximum Gasteiger partial charge on any atom is 0.243 e. The fraction of sp³-hybridized carbons (Fsp3) is 0.500. The number of anilines is 1. The third-order valence-corrected chi connectivity index (χ3v) is 4.92. The van der Waals surface area contributed by atoms with Crippen molar-refractivity contribution in [1.29, 1.82) is 0 Å². The van der Waals surface area contributed by atoms with Gasteiger partial charge in [-0.2, -0.15) is 0 Å². The number of hydrogen-bond acceptors (Lipinski definition) is 4. The molecule has 0 atom stereocenters. The molecule has 8 heteroatoms. The zero-order chi connectivity index (χ0) is 14.9. The van der Waals surface area contributed by atoms with Crippen LogP contribution in [0.5, 0.6) is 0 Å². The molecule has 112 valence electrons. The number of nitrogens with one attached hydrogen (secondary N) is 1. The van der Waals surface area contributed by atoms with Crippen molar-refractivity contribution in [3.8, 4) is 0 Å². The molecule has 3 N–H and O–H groups in total.